The van der Waals surface area contributed by atoms with Gasteiger partial charge >= 0.3 is 0 Å². The third kappa shape index (κ3) is 4.92. The number of carbonyl (C=O) groups is 2. The predicted octanol–water partition coefficient (Wildman–Crippen LogP) is 3.60. The molecule has 0 aliphatic carbocycles. The number of aliphatic hydroxyl groups excluding tert-OH is 1. The fraction of sp³-hybridized carbons (Fsp3) is 0.250. The van der Waals surface area contributed by atoms with Crippen molar-refractivity contribution in [3.63, 3.8) is 0 Å². The molecule has 2 amide bonds. The lowest BCUT2D eigenvalue weighted by Gasteiger charge is -2.14. The first-order valence-corrected chi connectivity index (χ1v) is 10.0. The molecule has 1 saturated heterocycles. The summed E-state index contributed by atoms with van der Waals surface area (Å²) in [6.45, 7) is 1.83. The molecule has 1 aliphatic heterocycles. The van der Waals surface area contributed by atoms with Crippen LogP contribution in [0.3, 0.4) is 0 Å². The van der Waals surface area contributed by atoms with Gasteiger partial charge in [0.15, 0.2) is 5.17 Å². The lowest BCUT2D eigenvalue weighted by Crippen LogP contribution is -2.35. The summed E-state index contributed by atoms with van der Waals surface area (Å²) in [5.41, 5.74) is 2.22. The van der Waals surface area contributed by atoms with Crippen molar-refractivity contribution in [1.29, 1.82) is 0 Å². The number of aryl methyl sites for hydroxylation is 1. The van der Waals surface area contributed by atoms with Gasteiger partial charge in [-0.05, 0) is 36.8 Å². The van der Waals surface area contributed by atoms with E-state index in [9.17, 15) is 14.7 Å². The van der Waals surface area contributed by atoms with Crippen molar-refractivity contribution in [2.24, 2.45) is 4.99 Å². The van der Waals surface area contributed by atoms with Gasteiger partial charge in [0.05, 0.1) is 18.8 Å². The largest absolute Gasteiger partial charge is 0.395 e. The zero-order valence-corrected chi connectivity index (χ0v) is 16.8. The molecule has 146 valence electrons. The summed E-state index contributed by atoms with van der Waals surface area (Å²) >= 11 is 7.22. The van der Waals surface area contributed by atoms with E-state index in [1.165, 1.54) is 16.7 Å². The van der Waals surface area contributed by atoms with Crippen molar-refractivity contribution in [1.82, 2.24) is 4.90 Å². The fourth-order valence-electron chi connectivity index (χ4n) is 2.74. The number of amides is 2. The lowest BCUT2D eigenvalue weighted by molar-refractivity contribution is -0.128. The predicted molar refractivity (Wildman–Crippen MR) is 113 cm³/mol. The Morgan fingerprint density at radius 3 is 2.75 bits per heavy atom. The van der Waals surface area contributed by atoms with Gasteiger partial charge in [0.25, 0.3) is 0 Å². The highest BCUT2D eigenvalue weighted by molar-refractivity contribution is 8.15. The molecule has 2 N–H and O–H groups in total. The molecule has 1 aliphatic rings. The standard InChI is InChI=1S/C20H20ClN3O3S/c1-13-7-8-14(21)11-16(13)23-18(26)12-17-19(27)24(9-10-25)20(28-17)22-15-5-3-2-4-6-15/h2-8,11,17,25H,9-10,12H2,1H3,(H,23,26)/t17-/m1/s1. The number of halogens is 1. The summed E-state index contributed by atoms with van der Waals surface area (Å²) < 4.78 is 0. The van der Waals surface area contributed by atoms with Crippen LogP contribution in [0.1, 0.15) is 12.0 Å². The Labute approximate surface area is 172 Å². The summed E-state index contributed by atoms with van der Waals surface area (Å²) in [5, 5.41) is 12.5. The monoisotopic (exact) mass is 417 g/mol. The Morgan fingerprint density at radius 1 is 1.29 bits per heavy atom. The van der Waals surface area contributed by atoms with E-state index in [1.54, 1.807) is 12.1 Å². The summed E-state index contributed by atoms with van der Waals surface area (Å²) in [6, 6.07) is 14.5. The van der Waals surface area contributed by atoms with Gasteiger partial charge in [-0.15, -0.1) is 0 Å². The number of carbonyl (C=O) groups excluding carboxylic acids is 2. The number of β-amino-alcohol motifs (C(OH)–C–C–N with tert-alkyl or cyclic N) is 1. The number of rotatable bonds is 6. The summed E-state index contributed by atoms with van der Waals surface area (Å²) in [7, 11) is 0. The van der Waals surface area contributed by atoms with Crippen molar-refractivity contribution < 1.29 is 14.7 Å². The van der Waals surface area contributed by atoms with Gasteiger partial charge in [0, 0.05) is 17.1 Å². The Hall–Kier alpha value is -2.35. The molecular formula is C20H20ClN3O3S. The van der Waals surface area contributed by atoms with Crippen LogP contribution in [-0.2, 0) is 9.59 Å². The Balaban J connectivity index is 1.73. The lowest BCUT2D eigenvalue weighted by atomic mass is 10.2. The highest BCUT2D eigenvalue weighted by atomic mass is 35.5. The second-order valence-corrected chi connectivity index (χ2v) is 7.87. The molecule has 0 unspecified atom stereocenters. The minimum Gasteiger partial charge on any atom is -0.395 e. The zero-order valence-electron chi connectivity index (χ0n) is 15.3. The van der Waals surface area contributed by atoms with Crippen molar-refractivity contribution in [2.45, 2.75) is 18.6 Å². The number of hydrogen-bond acceptors (Lipinski definition) is 5. The number of amidine groups is 1. The fourth-order valence-corrected chi connectivity index (χ4v) is 4.10. The van der Waals surface area contributed by atoms with E-state index in [4.69, 9.17) is 11.6 Å². The minimum absolute atomic E-state index is 0.00515. The van der Waals surface area contributed by atoms with E-state index in [0.29, 0.717) is 21.6 Å². The molecule has 2 aromatic carbocycles. The molecule has 8 heteroatoms. The van der Waals surface area contributed by atoms with E-state index >= 15 is 0 Å². The smallest absolute Gasteiger partial charge is 0.242 e. The van der Waals surface area contributed by atoms with Crippen molar-refractivity contribution >= 4 is 51.7 Å². The third-order valence-corrected chi connectivity index (χ3v) is 5.58. The van der Waals surface area contributed by atoms with Crippen LogP contribution in [0.2, 0.25) is 5.02 Å². The van der Waals surface area contributed by atoms with Crippen LogP contribution in [-0.4, -0.2) is 45.4 Å². The van der Waals surface area contributed by atoms with Gasteiger partial charge < -0.3 is 10.4 Å². The summed E-state index contributed by atoms with van der Waals surface area (Å²) in [6.07, 6.45) is 0.00515. The Kier molecular flexibility index (Phi) is 6.72. The molecule has 0 aromatic heterocycles. The van der Waals surface area contributed by atoms with E-state index < -0.39 is 5.25 Å². The van der Waals surface area contributed by atoms with E-state index in [0.717, 1.165) is 5.56 Å². The van der Waals surface area contributed by atoms with Crippen LogP contribution in [0.4, 0.5) is 11.4 Å². The van der Waals surface area contributed by atoms with E-state index in [1.807, 2.05) is 43.3 Å². The molecule has 3 rings (SSSR count). The normalized spacial score (nSPS) is 18.0. The molecule has 0 spiro atoms. The highest BCUT2D eigenvalue weighted by Crippen LogP contribution is 2.32. The number of nitrogens with one attached hydrogen (secondary N) is 1. The van der Waals surface area contributed by atoms with Crippen molar-refractivity contribution in [2.75, 3.05) is 18.5 Å². The first kappa shape index (κ1) is 20.4. The SMILES string of the molecule is Cc1ccc(Cl)cc1NC(=O)C[C@H]1SC(=Nc2ccccc2)N(CCO)C1=O. The number of hydrogen-bond donors (Lipinski definition) is 2. The van der Waals surface area contributed by atoms with Crippen molar-refractivity contribution in [3.8, 4) is 0 Å². The third-order valence-electron chi connectivity index (χ3n) is 4.17. The van der Waals surface area contributed by atoms with Gasteiger partial charge in [-0.25, -0.2) is 4.99 Å². The van der Waals surface area contributed by atoms with E-state index in [2.05, 4.69) is 10.3 Å². The highest BCUT2D eigenvalue weighted by Gasteiger charge is 2.38. The maximum Gasteiger partial charge on any atom is 0.242 e. The van der Waals surface area contributed by atoms with E-state index in [-0.39, 0.29) is 31.4 Å². The van der Waals surface area contributed by atoms with Gasteiger partial charge in [-0.3, -0.25) is 14.5 Å². The van der Waals surface area contributed by atoms with Crippen LogP contribution in [0, 0.1) is 6.92 Å². The number of nitrogens with zero attached hydrogens (tertiary/aromatic N) is 2. The summed E-state index contributed by atoms with van der Waals surface area (Å²) in [5.74, 6) is -0.507. The average molecular weight is 418 g/mol. The van der Waals surface area contributed by atoms with Gasteiger partial charge in [-0.1, -0.05) is 47.6 Å². The molecule has 28 heavy (non-hydrogen) atoms. The second kappa shape index (κ2) is 9.23. The maximum absolute atomic E-state index is 12.7. The zero-order chi connectivity index (χ0) is 20.1. The van der Waals surface area contributed by atoms with Crippen LogP contribution >= 0.6 is 23.4 Å². The van der Waals surface area contributed by atoms with Gasteiger partial charge in [0.2, 0.25) is 11.8 Å². The number of anilines is 1. The number of aliphatic hydroxyl groups is 1. The molecule has 6 nitrogen and oxygen atoms in total. The molecule has 0 bridgehead atoms. The Bertz CT molecular complexity index is 905. The molecule has 1 atom stereocenters. The molecular weight excluding hydrogens is 398 g/mol. The molecule has 1 fully saturated rings. The quantitative estimate of drug-likeness (QED) is 0.752. The first-order chi connectivity index (χ1) is 13.5. The van der Waals surface area contributed by atoms with Crippen LogP contribution in [0.5, 0.6) is 0 Å². The second-order valence-electron chi connectivity index (χ2n) is 6.26. The maximum atomic E-state index is 12.7. The molecule has 0 saturated carbocycles. The molecule has 1 heterocycles. The van der Waals surface area contributed by atoms with Crippen LogP contribution < -0.4 is 5.32 Å². The topological polar surface area (TPSA) is 82.0 Å². The number of thioether (sulfide) groups is 1. The minimum atomic E-state index is -0.589. The van der Waals surface area contributed by atoms with Gasteiger partial charge in [-0.2, -0.15) is 0 Å². The van der Waals surface area contributed by atoms with Crippen molar-refractivity contribution in [3.05, 3.63) is 59.1 Å². The first-order valence-electron chi connectivity index (χ1n) is 8.76. The van der Waals surface area contributed by atoms with Gasteiger partial charge in [0.1, 0.15) is 5.25 Å². The Morgan fingerprint density at radius 2 is 2.04 bits per heavy atom. The summed E-state index contributed by atoms with van der Waals surface area (Å²) in [4.78, 5) is 31.1. The number of aliphatic imine (C=N–C) groups is 1. The number of benzene rings is 2. The molecule has 2 aromatic rings. The number of para-hydroxylation sites is 1. The van der Waals surface area contributed by atoms with Crippen LogP contribution in [0.25, 0.3) is 0 Å². The van der Waals surface area contributed by atoms with Crippen LogP contribution in [0.15, 0.2) is 53.5 Å². The molecule has 0 radical (unpaired) electrons. The average Bonchev–Trinajstić information content (AvgIpc) is 2.94.